The maximum absolute atomic E-state index is 13.7. The molecule has 1 aliphatic rings. The molecule has 1 fully saturated rings. The van der Waals surface area contributed by atoms with Crippen LogP contribution in [0.2, 0.25) is 0 Å². The van der Waals surface area contributed by atoms with Gasteiger partial charge in [-0.05, 0) is 35.6 Å². The zero-order valence-electron chi connectivity index (χ0n) is 18.6. The topological polar surface area (TPSA) is 85.2 Å². The highest BCUT2D eigenvalue weighted by Gasteiger charge is 2.26. The van der Waals surface area contributed by atoms with Gasteiger partial charge in [-0.1, -0.05) is 55.8 Å². The van der Waals surface area contributed by atoms with Crippen LogP contribution in [0.4, 0.5) is 0 Å². The van der Waals surface area contributed by atoms with Crippen molar-refractivity contribution in [2.45, 2.75) is 38.6 Å². The van der Waals surface area contributed by atoms with E-state index in [0.717, 1.165) is 47.2 Å². The monoisotopic (exact) mass is 439 g/mol. The van der Waals surface area contributed by atoms with Crippen LogP contribution in [-0.4, -0.2) is 32.4 Å². The van der Waals surface area contributed by atoms with Crippen LogP contribution in [0.1, 0.15) is 48.2 Å². The SMILES string of the molecule is CCCc1c(Cc2ccc(-c3ccccc3C#N)cc2)c(=O)n(C2CCOC2)c2ncnn12. The summed E-state index contributed by atoms with van der Waals surface area (Å²) in [7, 11) is 0. The van der Waals surface area contributed by atoms with Gasteiger partial charge in [0.2, 0.25) is 5.78 Å². The number of aromatic nitrogens is 4. The molecule has 2 aromatic carbocycles. The van der Waals surface area contributed by atoms with Gasteiger partial charge in [-0.3, -0.25) is 9.36 Å². The van der Waals surface area contributed by atoms with Crippen LogP contribution in [0.3, 0.4) is 0 Å². The number of nitriles is 1. The molecule has 7 nitrogen and oxygen atoms in total. The summed E-state index contributed by atoms with van der Waals surface area (Å²) in [4.78, 5) is 18.1. The van der Waals surface area contributed by atoms with Crippen molar-refractivity contribution >= 4 is 5.78 Å². The first kappa shape index (κ1) is 21.1. The van der Waals surface area contributed by atoms with Crippen LogP contribution in [0.5, 0.6) is 0 Å². The second-order valence-corrected chi connectivity index (χ2v) is 8.37. The number of fused-ring (bicyclic) bond motifs is 1. The number of aryl methyl sites for hydroxylation is 1. The van der Waals surface area contributed by atoms with E-state index in [1.54, 1.807) is 4.57 Å². The molecule has 5 rings (SSSR count). The maximum atomic E-state index is 13.7. The second kappa shape index (κ2) is 9.00. The smallest absolute Gasteiger partial charge is 0.259 e. The fraction of sp³-hybridized carbons (Fsp3) is 0.308. The fourth-order valence-electron chi connectivity index (χ4n) is 4.64. The highest BCUT2D eigenvalue weighted by molar-refractivity contribution is 5.70. The first-order valence-electron chi connectivity index (χ1n) is 11.3. The van der Waals surface area contributed by atoms with Crippen molar-refractivity contribution in [3.8, 4) is 17.2 Å². The number of ether oxygens (including phenoxy) is 1. The van der Waals surface area contributed by atoms with E-state index in [0.29, 0.717) is 31.0 Å². The van der Waals surface area contributed by atoms with Crippen LogP contribution in [-0.2, 0) is 17.6 Å². The Labute approximate surface area is 191 Å². The zero-order chi connectivity index (χ0) is 22.8. The van der Waals surface area contributed by atoms with Crippen LogP contribution < -0.4 is 5.56 Å². The normalized spacial score (nSPS) is 15.7. The van der Waals surface area contributed by atoms with E-state index >= 15 is 0 Å². The summed E-state index contributed by atoms with van der Waals surface area (Å²) in [5.74, 6) is 0.589. The maximum Gasteiger partial charge on any atom is 0.259 e. The van der Waals surface area contributed by atoms with Gasteiger partial charge in [0, 0.05) is 18.6 Å². The summed E-state index contributed by atoms with van der Waals surface area (Å²) in [6.07, 6.45) is 4.48. The Bertz CT molecular complexity index is 1390. The summed E-state index contributed by atoms with van der Waals surface area (Å²) >= 11 is 0. The van der Waals surface area contributed by atoms with Crippen molar-refractivity contribution < 1.29 is 4.74 Å². The molecule has 7 heteroatoms. The molecule has 0 spiro atoms. The molecule has 2 aromatic heterocycles. The van der Waals surface area contributed by atoms with E-state index in [9.17, 15) is 10.1 Å². The van der Waals surface area contributed by atoms with Crippen molar-refractivity contribution in [3.05, 3.63) is 87.6 Å². The first-order chi connectivity index (χ1) is 16.2. The molecule has 1 saturated heterocycles. The van der Waals surface area contributed by atoms with E-state index in [2.05, 4.69) is 23.1 Å². The molecule has 0 N–H and O–H groups in total. The van der Waals surface area contributed by atoms with Crippen molar-refractivity contribution in [2.75, 3.05) is 13.2 Å². The van der Waals surface area contributed by atoms with E-state index < -0.39 is 0 Å². The van der Waals surface area contributed by atoms with Gasteiger partial charge in [-0.2, -0.15) is 15.3 Å². The van der Waals surface area contributed by atoms with Crippen LogP contribution >= 0.6 is 0 Å². The minimum atomic E-state index is -0.0246. The highest BCUT2D eigenvalue weighted by Crippen LogP contribution is 2.25. The van der Waals surface area contributed by atoms with Gasteiger partial charge in [0.15, 0.2) is 0 Å². The number of hydrogen-bond donors (Lipinski definition) is 0. The lowest BCUT2D eigenvalue weighted by Gasteiger charge is -2.18. The van der Waals surface area contributed by atoms with E-state index in [-0.39, 0.29) is 11.6 Å². The Morgan fingerprint density at radius 2 is 2.00 bits per heavy atom. The standard InChI is InChI=1S/C26H25N5O2/c1-2-5-24-23(25(32)30(21-12-13-33-16-21)26-28-17-29-31(24)26)14-18-8-10-19(11-9-18)22-7-4-3-6-20(22)15-27/h3-4,6-11,17,21H,2,5,12-14,16H2,1H3. The van der Waals surface area contributed by atoms with Crippen LogP contribution in [0, 0.1) is 11.3 Å². The summed E-state index contributed by atoms with van der Waals surface area (Å²) in [6, 6.07) is 17.9. The van der Waals surface area contributed by atoms with Gasteiger partial charge in [0.1, 0.15) is 6.33 Å². The van der Waals surface area contributed by atoms with Gasteiger partial charge < -0.3 is 4.74 Å². The lowest BCUT2D eigenvalue weighted by atomic mass is 9.97. The third-order valence-corrected chi connectivity index (χ3v) is 6.28. The molecular formula is C26H25N5O2. The van der Waals surface area contributed by atoms with Crippen molar-refractivity contribution in [2.24, 2.45) is 0 Å². The van der Waals surface area contributed by atoms with Crippen molar-refractivity contribution in [1.82, 2.24) is 19.2 Å². The van der Waals surface area contributed by atoms with E-state index in [4.69, 9.17) is 4.74 Å². The second-order valence-electron chi connectivity index (χ2n) is 8.37. The minimum Gasteiger partial charge on any atom is -0.379 e. The summed E-state index contributed by atoms with van der Waals surface area (Å²) in [6.45, 7) is 3.27. The molecule has 0 aliphatic carbocycles. The molecule has 0 amide bonds. The van der Waals surface area contributed by atoms with Gasteiger partial charge in [0.25, 0.3) is 5.56 Å². The first-order valence-corrected chi connectivity index (χ1v) is 11.3. The average molecular weight is 440 g/mol. The van der Waals surface area contributed by atoms with E-state index in [1.165, 1.54) is 6.33 Å². The molecule has 0 saturated carbocycles. The third-order valence-electron chi connectivity index (χ3n) is 6.28. The number of benzene rings is 2. The predicted octanol–water partition coefficient (Wildman–Crippen LogP) is 3.93. The average Bonchev–Trinajstić information content (AvgIpc) is 3.55. The molecule has 3 heterocycles. The van der Waals surface area contributed by atoms with Gasteiger partial charge in [-0.25, -0.2) is 4.52 Å². The Morgan fingerprint density at radius 1 is 1.18 bits per heavy atom. The lowest BCUT2D eigenvalue weighted by molar-refractivity contribution is 0.186. The van der Waals surface area contributed by atoms with Gasteiger partial charge in [-0.15, -0.1) is 0 Å². The number of rotatable bonds is 6. The molecule has 166 valence electrons. The highest BCUT2D eigenvalue weighted by atomic mass is 16.5. The van der Waals surface area contributed by atoms with Crippen LogP contribution in [0.15, 0.2) is 59.7 Å². The van der Waals surface area contributed by atoms with E-state index in [1.807, 2.05) is 53.0 Å². The predicted molar refractivity (Wildman–Crippen MR) is 125 cm³/mol. The van der Waals surface area contributed by atoms with Gasteiger partial charge in [0.05, 0.1) is 30.0 Å². The fourth-order valence-corrected chi connectivity index (χ4v) is 4.64. The molecule has 1 aliphatic heterocycles. The largest absolute Gasteiger partial charge is 0.379 e. The molecule has 1 unspecified atom stereocenters. The van der Waals surface area contributed by atoms with Crippen molar-refractivity contribution in [1.29, 1.82) is 5.26 Å². The molecule has 33 heavy (non-hydrogen) atoms. The molecule has 4 aromatic rings. The minimum absolute atomic E-state index is 0.00615. The molecular weight excluding hydrogens is 414 g/mol. The third kappa shape index (κ3) is 3.83. The van der Waals surface area contributed by atoms with Crippen molar-refractivity contribution in [3.63, 3.8) is 0 Å². The number of nitrogens with zero attached hydrogens (tertiary/aromatic N) is 5. The van der Waals surface area contributed by atoms with Crippen LogP contribution in [0.25, 0.3) is 16.9 Å². The Kier molecular flexibility index (Phi) is 5.76. The molecule has 1 atom stereocenters. The lowest BCUT2D eigenvalue weighted by Crippen LogP contribution is -2.32. The Morgan fingerprint density at radius 3 is 2.73 bits per heavy atom. The zero-order valence-corrected chi connectivity index (χ0v) is 18.6. The summed E-state index contributed by atoms with van der Waals surface area (Å²) in [5.41, 5.74) is 5.25. The summed E-state index contributed by atoms with van der Waals surface area (Å²) in [5, 5.41) is 13.9. The summed E-state index contributed by atoms with van der Waals surface area (Å²) < 4.78 is 9.16. The quantitative estimate of drug-likeness (QED) is 0.454. The van der Waals surface area contributed by atoms with Gasteiger partial charge >= 0.3 is 0 Å². The number of hydrogen-bond acceptors (Lipinski definition) is 5. The molecule has 0 radical (unpaired) electrons. The molecule has 0 bridgehead atoms. The Balaban J connectivity index is 1.57. The Hall–Kier alpha value is -3.76.